The first-order chi connectivity index (χ1) is 15.1. The average molecular weight is 449 g/mol. The van der Waals surface area contributed by atoms with E-state index in [1.54, 1.807) is 38.4 Å². The fraction of sp³-hybridized carbons (Fsp3) is 0.333. The summed E-state index contributed by atoms with van der Waals surface area (Å²) >= 11 is 0. The van der Waals surface area contributed by atoms with Crippen molar-refractivity contribution in [3.63, 3.8) is 0 Å². The van der Waals surface area contributed by atoms with Crippen LogP contribution in [-0.4, -0.2) is 46.4 Å². The maximum atomic E-state index is 12.9. The third kappa shape index (κ3) is 5.16. The van der Waals surface area contributed by atoms with Crippen molar-refractivity contribution in [3.05, 3.63) is 53.2 Å². The number of hydrogen-bond donors (Lipinski definition) is 1. The van der Waals surface area contributed by atoms with Crippen molar-refractivity contribution >= 4 is 5.91 Å². The van der Waals surface area contributed by atoms with Crippen LogP contribution in [0.2, 0.25) is 0 Å². The number of benzene rings is 1. The number of amides is 1. The highest BCUT2D eigenvalue weighted by Crippen LogP contribution is 2.33. The lowest BCUT2D eigenvalue weighted by atomic mass is 10.1. The van der Waals surface area contributed by atoms with Gasteiger partial charge in [0.2, 0.25) is 0 Å². The van der Waals surface area contributed by atoms with Crippen LogP contribution >= 0.6 is 0 Å². The third-order valence-corrected chi connectivity index (χ3v) is 4.62. The molecule has 0 aliphatic heterocycles. The monoisotopic (exact) mass is 449 g/mol. The van der Waals surface area contributed by atoms with Crippen LogP contribution in [0.1, 0.15) is 27.7 Å². The summed E-state index contributed by atoms with van der Waals surface area (Å²) in [5.74, 6) is 0.739. The van der Waals surface area contributed by atoms with E-state index in [1.165, 1.54) is 18.7 Å². The van der Waals surface area contributed by atoms with E-state index in [0.717, 1.165) is 6.07 Å². The smallest absolute Gasteiger partial charge is 0.433 e. The molecule has 0 aliphatic carbocycles. The number of alkyl halides is 3. The predicted molar refractivity (Wildman–Crippen MR) is 110 cm³/mol. The molecule has 0 radical (unpaired) electrons. The molecule has 32 heavy (non-hydrogen) atoms. The molecule has 3 aromatic rings. The number of carbonyl (C=O) groups excluding carboxylic acids is 1. The molecule has 0 saturated carbocycles. The number of aryl methyl sites for hydroxylation is 2. The second-order valence-corrected chi connectivity index (χ2v) is 6.92. The molecule has 8 nitrogen and oxygen atoms in total. The summed E-state index contributed by atoms with van der Waals surface area (Å²) in [5.41, 5.74) is 0.623. The largest absolute Gasteiger partial charge is 0.497 e. The second kappa shape index (κ2) is 9.25. The summed E-state index contributed by atoms with van der Waals surface area (Å²) < 4.78 is 50.8. The van der Waals surface area contributed by atoms with Crippen molar-refractivity contribution in [1.82, 2.24) is 25.1 Å². The summed E-state index contributed by atoms with van der Waals surface area (Å²) in [7, 11) is 4.68. The minimum absolute atomic E-state index is 0.00411. The summed E-state index contributed by atoms with van der Waals surface area (Å²) in [6.45, 7) is 1.52. The van der Waals surface area contributed by atoms with Gasteiger partial charge in [-0.1, -0.05) is 0 Å². The normalized spacial score (nSPS) is 11.3. The zero-order chi connectivity index (χ0) is 23.5. The van der Waals surface area contributed by atoms with Crippen LogP contribution in [0.4, 0.5) is 13.2 Å². The first-order valence-electron chi connectivity index (χ1n) is 9.58. The molecule has 0 saturated heterocycles. The van der Waals surface area contributed by atoms with Gasteiger partial charge in [-0.25, -0.2) is 9.97 Å². The molecule has 2 heterocycles. The zero-order valence-electron chi connectivity index (χ0n) is 17.9. The van der Waals surface area contributed by atoms with Crippen LogP contribution in [-0.2, 0) is 19.6 Å². The first kappa shape index (κ1) is 23.0. The molecule has 1 amide bonds. The van der Waals surface area contributed by atoms with Crippen molar-refractivity contribution in [2.24, 2.45) is 7.05 Å². The Bertz CT molecular complexity index is 1130. The number of carbonyl (C=O) groups is 1. The van der Waals surface area contributed by atoms with Gasteiger partial charge in [-0.15, -0.1) is 0 Å². The molecule has 0 atom stereocenters. The summed E-state index contributed by atoms with van der Waals surface area (Å²) in [5, 5.41) is 7.04. The quantitative estimate of drug-likeness (QED) is 0.596. The Kier molecular flexibility index (Phi) is 6.66. The Hall–Kier alpha value is -3.63. The van der Waals surface area contributed by atoms with E-state index in [2.05, 4.69) is 20.4 Å². The number of nitrogens with one attached hydrogen (secondary N) is 1. The Morgan fingerprint density at radius 3 is 2.53 bits per heavy atom. The van der Waals surface area contributed by atoms with E-state index in [4.69, 9.17) is 9.47 Å². The van der Waals surface area contributed by atoms with Gasteiger partial charge in [-0.2, -0.15) is 18.3 Å². The molecule has 3 rings (SSSR count). The molecule has 0 unspecified atom stereocenters. The molecule has 170 valence electrons. The molecule has 0 spiro atoms. The number of hydrogen-bond acceptors (Lipinski definition) is 6. The highest BCUT2D eigenvalue weighted by Gasteiger charge is 2.33. The number of ether oxygens (including phenoxy) is 2. The number of halogens is 3. The van der Waals surface area contributed by atoms with Gasteiger partial charge in [-0.05, 0) is 37.3 Å². The Labute approximate surface area is 182 Å². The van der Waals surface area contributed by atoms with Crippen LogP contribution in [0.5, 0.6) is 11.5 Å². The lowest BCUT2D eigenvalue weighted by molar-refractivity contribution is -0.141. The fourth-order valence-corrected chi connectivity index (χ4v) is 3.09. The molecule has 0 aliphatic rings. The zero-order valence-corrected chi connectivity index (χ0v) is 17.9. The van der Waals surface area contributed by atoms with Gasteiger partial charge in [0, 0.05) is 31.3 Å². The van der Waals surface area contributed by atoms with Crippen molar-refractivity contribution in [1.29, 1.82) is 0 Å². The predicted octanol–water partition coefficient (Wildman–Crippen LogP) is 3.19. The van der Waals surface area contributed by atoms with E-state index in [9.17, 15) is 18.0 Å². The Morgan fingerprint density at radius 2 is 1.88 bits per heavy atom. The number of methoxy groups -OCH3 is 2. The van der Waals surface area contributed by atoms with Crippen LogP contribution in [0.3, 0.4) is 0 Å². The van der Waals surface area contributed by atoms with Gasteiger partial charge in [0.15, 0.2) is 0 Å². The molecule has 1 N–H and O–H groups in total. The lowest BCUT2D eigenvalue weighted by Gasteiger charge is -2.09. The lowest BCUT2D eigenvalue weighted by Crippen LogP contribution is -2.28. The molecular formula is C21H22F3N5O3. The maximum absolute atomic E-state index is 12.9. The third-order valence-electron chi connectivity index (χ3n) is 4.62. The molecular weight excluding hydrogens is 427 g/mol. The van der Waals surface area contributed by atoms with Crippen molar-refractivity contribution in [2.45, 2.75) is 19.5 Å². The van der Waals surface area contributed by atoms with Gasteiger partial charge < -0.3 is 14.8 Å². The Morgan fingerprint density at radius 1 is 1.12 bits per heavy atom. The van der Waals surface area contributed by atoms with Crippen molar-refractivity contribution in [2.75, 3.05) is 20.8 Å². The van der Waals surface area contributed by atoms with Crippen LogP contribution in [0.15, 0.2) is 30.3 Å². The van der Waals surface area contributed by atoms with Gasteiger partial charge in [0.05, 0.1) is 19.9 Å². The molecule has 1 aromatic carbocycles. The van der Waals surface area contributed by atoms with E-state index in [-0.39, 0.29) is 30.2 Å². The Balaban J connectivity index is 1.73. The number of aromatic nitrogens is 4. The molecule has 11 heteroatoms. The van der Waals surface area contributed by atoms with Gasteiger partial charge >= 0.3 is 6.18 Å². The minimum Gasteiger partial charge on any atom is -0.497 e. The molecule has 0 fully saturated rings. The summed E-state index contributed by atoms with van der Waals surface area (Å²) in [6.07, 6.45) is -4.51. The van der Waals surface area contributed by atoms with Crippen LogP contribution in [0, 0.1) is 6.92 Å². The maximum Gasteiger partial charge on any atom is 0.433 e. The van der Waals surface area contributed by atoms with Crippen molar-refractivity contribution < 1.29 is 27.4 Å². The highest BCUT2D eigenvalue weighted by molar-refractivity contribution is 5.94. The molecule has 2 aromatic heterocycles. The SMILES string of the molecule is COc1ccc(OC)c(-c2cc(C(=O)NCCc3nc(C)cc(C(F)(F)F)n3)n(C)n2)c1. The van der Waals surface area contributed by atoms with E-state index >= 15 is 0 Å². The fourth-order valence-electron chi connectivity index (χ4n) is 3.09. The highest BCUT2D eigenvalue weighted by atomic mass is 19.4. The molecule has 0 bridgehead atoms. The van der Waals surface area contributed by atoms with Crippen molar-refractivity contribution in [3.8, 4) is 22.8 Å². The van der Waals surface area contributed by atoms with E-state index < -0.39 is 17.8 Å². The number of rotatable bonds is 7. The summed E-state index contributed by atoms with van der Waals surface area (Å²) in [4.78, 5) is 20.2. The van der Waals surface area contributed by atoms with Gasteiger partial charge in [0.25, 0.3) is 5.91 Å². The van der Waals surface area contributed by atoms with Crippen LogP contribution in [0.25, 0.3) is 11.3 Å². The minimum atomic E-state index is -4.56. The second-order valence-electron chi connectivity index (χ2n) is 6.92. The van der Waals surface area contributed by atoms with Gasteiger partial charge in [0.1, 0.15) is 28.7 Å². The topological polar surface area (TPSA) is 91.2 Å². The first-order valence-corrected chi connectivity index (χ1v) is 9.58. The van der Waals surface area contributed by atoms with Gasteiger partial charge in [-0.3, -0.25) is 9.48 Å². The summed E-state index contributed by atoms with van der Waals surface area (Å²) in [6, 6.07) is 7.70. The number of nitrogens with zero attached hydrogens (tertiary/aromatic N) is 4. The average Bonchev–Trinajstić information content (AvgIpc) is 3.13. The van der Waals surface area contributed by atoms with E-state index in [1.807, 2.05) is 0 Å². The van der Waals surface area contributed by atoms with Crippen LogP contribution < -0.4 is 14.8 Å². The standard InChI is InChI=1S/C21H22F3N5O3/c1-12-9-18(21(22,23)24)27-19(26-12)7-8-25-20(30)16-11-15(28-29(16)2)14-10-13(31-3)5-6-17(14)32-4/h5-6,9-11H,7-8H2,1-4H3,(H,25,30). The van der Waals surface area contributed by atoms with E-state index in [0.29, 0.717) is 22.8 Å².